The fourth-order valence-corrected chi connectivity index (χ4v) is 1.22. The lowest BCUT2D eigenvalue weighted by atomic mass is 10.1. The Labute approximate surface area is 87.1 Å². The Kier molecular flexibility index (Phi) is 3.89. The SMILES string of the molecule is CC(NC(=O)CCl)c1cccc(F)c1. The standard InChI is InChI=1S/C10H11ClFNO/c1-7(13-10(14)6-11)8-3-2-4-9(12)5-8/h2-5,7H,6H2,1H3,(H,13,14). The number of nitrogens with one attached hydrogen (secondary N) is 1. The molecule has 2 nitrogen and oxygen atoms in total. The van der Waals surface area contributed by atoms with Crippen molar-refractivity contribution in [1.82, 2.24) is 5.32 Å². The highest BCUT2D eigenvalue weighted by Crippen LogP contribution is 2.13. The van der Waals surface area contributed by atoms with E-state index in [0.717, 1.165) is 5.56 Å². The maximum Gasteiger partial charge on any atom is 0.235 e. The zero-order valence-electron chi connectivity index (χ0n) is 7.76. The zero-order valence-corrected chi connectivity index (χ0v) is 8.51. The molecule has 0 saturated heterocycles. The van der Waals surface area contributed by atoms with Crippen LogP contribution in [0.5, 0.6) is 0 Å². The molecule has 0 fully saturated rings. The van der Waals surface area contributed by atoms with Crippen molar-refractivity contribution in [1.29, 1.82) is 0 Å². The van der Waals surface area contributed by atoms with Crippen LogP contribution in [0.15, 0.2) is 24.3 Å². The first-order valence-corrected chi connectivity index (χ1v) is 4.77. The summed E-state index contributed by atoms with van der Waals surface area (Å²) in [4.78, 5) is 10.9. The Morgan fingerprint density at radius 1 is 1.64 bits per heavy atom. The largest absolute Gasteiger partial charge is 0.349 e. The number of rotatable bonds is 3. The molecule has 1 N–H and O–H groups in total. The molecule has 4 heteroatoms. The molecular weight excluding hydrogens is 205 g/mol. The third kappa shape index (κ3) is 3.00. The fourth-order valence-electron chi connectivity index (χ4n) is 1.14. The smallest absolute Gasteiger partial charge is 0.235 e. The minimum Gasteiger partial charge on any atom is -0.349 e. The van der Waals surface area contributed by atoms with Gasteiger partial charge in [0.1, 0.15) is 11.7 Å². The Balaban J connectivity index is 2.69. The molecule has 0 aliphatic heterocycles. The van der Waals surface area contributed by atoms with Crippen molar-refractivity contribution in [3.63, 3.8) is 0 Å². The van der Waals surface area contributed by atoms with Crippen LogP contribution in [0.25, 0.3) is 0 Å². The lowest BCUT2D eigenvalue weighted by Gasteiger charge is -2.13. The summed E-state index contributed by atoms with van der Waals surface area (Å²) in [7, 11) is 0. The van der Waals surface area contributed by atoms with E-state index in [4.69, 9.17) is 11.6 Å². The van der Waals surface area contributed by atoms with E-state index in [0.29, 0.717) is 0 Å². The molecule has 0 aromatic heterocycles. The summed E-state index contributed by atoms with van der Waals surface area (Å²) in [6.45, 7) is 1.78. The molecule has 0 aliphatic carbocycles. The van der Waals surface area contributed by atoms with Gasteiger partial charge in [0.25, 0.3) is 0 Å². The van der Waals surface area contributed by atoms with E-state index in [2.05, 4.69) is 5.32 Å². The fraction of sp³-hybridized carbons (Fsp3) is 0.300. The average Bonchev–Trinajstić information content (AvgIpc) is 2.17. The van der Waals surface area contributed by atoms with Crippen molar-refractivity contribution in [3.8, 4) is 0 Å². The molecule has 0 bridgehead atoms. The van der Waals surface area contributed by atoms with Gasteiger partial charge in [-0.2, -0.15) is 0 Å². The van der Waals surface area contributed by atoms with Crippen LogP contribution in [0.2, 0.25) is 0 Å². The van der Waals surface area contributed by atoms with Gasteiger partial charge in [-0.15, -0.1) is 11.6 Å². The monoisotopic (exact) mass is 215 g/mol. The average molecular weight is 216 g/mol. The number of halogens is 2. The molecule has 1 aromatic carbocycles. The quantitative estimate of drug-likeness (QED) is 0.770. The summed E-state index contributed by atoms with van der Waals surface area (Å²) in [5.41, 5.74) is 0.725. The summed E-state index contributed by atoms with van der Waals surface area (Å²) in [5.74, 6) is -0.655. The highest BCUT2D eigenvalue weighted by Gasteiger charge is 2.08. The first-order valence-electron chi connectivity index (χ1n) is 4.24. The second-order valence-corrected chi connectivity index (χ2v) is 3.25. The summed E-state index contributed by atoms with van der Waals surface area (Å²) in [5, 5.41) is 2.64. The number of benzene rings is 1. The van der Waals surface area contributed by atoms with Crippen molar-refractivity contribution in [2.45, 2.75) is 13.0 Å². The first-order chi connectivity index (χ1) is 6.63. The molecule has 0 saturated carbocycles. The molecule has 1 aromatic rings. The van der Waals surface area contributed by atoms with Gasteiger partial charge in [0, 0.05) is 0 Å². The first kappa shape index (κ1) is 11.0. The van der Waals surface area contributed by atoms with Crippen molar-refractivity contribution in [2.24, 2.45) is 0 Å². The number of hydrogen-bond acceptors (Lipinski definition) is 1. The van der Waals surface area contributed by atoms with Crippen LogP contribution < -0.4 is 5.32 Å². The van der Waals surface area contributed by atoms with E-state index in [1.54, 1.807) is 19.1 Å². The van der Waals surface area contributed by atoms with Gasteiger partial charge in [-0.3, -0.25) is 4.79 Å². The number of carbonyl (C=O) groups excluding carboxylic acids is 1. The van der Waals surface area contributed by atoms with E-state index in [1.165, 1.54) is 12.1 Å². The summed E-state index contributed by atoms with van der Waals surface area (Å²) >= 11 is 5.33. The maximum absolute atomic E-state index is 12.8. The molecule has 1 unspecified atom stereocenters. The third-order valence-electron chi connectivity index (χ3n) is 1.85. The predicted octanol–water partition coefficient (Wildman–Crippen LogP) is 2.24. The van der Waals surface area contributed by atoms with Crippen LogP contribution >= 0.6 is 11.6 Å². The van der Waals surface area contributed by atoms with E-state index in [-0.39, 0.29) is 23.6 Å². The summed E-state index contributed by atoms with van der Waals surface area (Å²) in [6, 6.07) is 5.88. The number of carbonyl (C=O) groups is 1. The molecule has 76 valence electrons. The normalized spacial score (nSPS) is 12.2. The van der Waals surface area contributed by atoms with Gasteiger partial charge in [0.15, 0.2) is 0 Å². The van der Waals surface area contributed by atoms with Crippen LogP contribution in [-0.4, -0.2) is 11.8 Å². The molecule has 1 amide bonds. The lowest BCUT2D eigenvalue weighted by molar-refractivity contribution is -0.119. The maximum atomic E-state index is 12.8. The number of amides is 1. The van der Waals surface area contributed by atoms with Crippen molar-refractivity contribution in [3.05, 3.63) is 35.6 Å². The van der Waals surface area contributed by atoms with Gasteiger partial charge in [0.2, 0.25) is 5.91 Å². The van der Waals surface area contributed by atoms with Crippen molar-refractivity contribution in [2.75, 3.05) is 5.88 Å². The van der Waals surface area contributed by atoms with E-state index < -0.39 is 0 Å². The Morgan fingerprint density at radius 3 is 2.93 bits per heavy atom. The second kappa shape index (κ2) is 4.96. The van der Waals surface area contributed by atoms with Crippen LogP contribution in [0.3, 0.4) is 0 Å². The van der Waals surface area contributed by atoms with Gasteiger partial charge in [-0.05, 0) is 24.6 Å². The Hall–Kier alpha value is -1.09. The second-order valence-electron chi connectivity index (χ2n) is 2.98. The molecule has 0 spiro atoms. The van der Waals surface area contributed by atoms with Crippen LogP contribution in [-0.2, 0) is 4.79 Å². The highest BCUT2D eigenvalue weighted by molar-refractivity contribution is 6.27. The van der Waals surface area contributed by atoms with E-state index >= 15 is 0 Å². The Bertz CT molecular complexity index is 330. The molecule has 0 heterocycles. The van der Waals surface area contributed by atoms with Crippen LogP contribution in [0, 0.1) is 5.82 Å². The highest BCUT2D eigenvalue weighted by atomic mass is 35.5. The topological polar surface area (TPSA) is 29.1 Å². The van der Waals surface area contributed by atoms with Gasteiger partial charge in [-0.25, -0.2) is 4.39 Å². The minimum absolute atomic E-state index is 0.0837. The lowest BCUT2D eigenvalue weighted by Crippen LogP contribution is -2.27. The van der Waals surface area contributed by atoms with Crippen molar-refractivity contribution >= 4 is 17.5 Å². The summed E-state index contributed by atoms with van der Waals surface area (Å²) in [6.07, 6.45) is 0. The number of alkyl halides is 1. The molecule has 1 atom stereocenters. The molecule has 0 radical (unpaired) electrons. The van der Waals surface area contributed by atoms with Crippen LogP contribution in [0.4, 0.5) is 4.39 Å². The molecule has 1 rings (SSSR count). The van der Waals surface area contributed by atoms with E-state index in [1.807, 2.05) is 0 Å². The zero-order chi connectivity index (χ0) is 10.6. The Morgan fingerprint density at radius 2 is 2.36 bits per heavy atom. The molecule has 0 aliphatic rings. The van der Waals surface area contributed by atoms with Gasteiger partial charge >= 0.3 is 0 Å². The van der Waals surface area contributed by atoms with Gasteiger partial charge < -0.3 is 5.32 Å². The molecular formula is C10H11ClFNO. The van der Waals surface area contributed by atoms with Crippen molar-refractivity contribution < 1.29 is 9.18 Å². The number of hydrogen-bond donors (Lipinski definition) is 1. The summed E-state index contributed by atoms with van der Waals surface area (Å²) < 4.78 is 12.8. The van der Waals surface area contributed by atoms with E-state index in [9.17, 15) is 9.18 Å². The van der Waals surface area contributed by atoms with Gasteiger partial charge in [0.05, 0.1) is 6.04 Å². The molecule has 14 heavy (non-hydrogen) atoms. The minimum atomic E-state index is -0.311. The predicted molar refractivity (Wildman–Crippen MR) is 53.7 cm³/mol. The van der Waals surface area contributed by atoms with Gasteiger partial charge in [-0.1, -0.05) is 12.1 Å². The van der Waals surface area contributed by atoms with Crippen LogP contribution in [0.1, 0.15) is 18.5 Å². The third-order valence-corrected chi connectivity index (χ3v) is 2.09.